The number of nitrogens with zero attached hydrogens (tertiary/aromatic N) is 5. The minimum absolute atomic E-state index is 0.0475. The largest absolute Gasteiger partial charge is 0.358 e. The van der Waals surface area contributed by atoms with Gasteiger partial charge in [-0.2, -0.15) is 0 Å². The van der Waals surface area contributed by atoms with Crippen LogP contribution in [0.3, 0.4) is 0 Å². The zero-order chi connectivity index (χ0) is 16.0. The van der Waals surface area contributed by atoms with Gasteiger partial charge in [0, 0.05) is 41.7 Å². The van der Waals surface area contributed by atoms with E-state index in [9.17, 15) is 9.18 Å². The van der Waals surface area contributed by atoms with Crippen LogP contribution >= 0.6 is 0 Å². The number of carbonyl (C=O) groups excluding carboxylic acids is 1. The van der Waals surface area contributed by atoms with Crippen LogP contribution in [0.2, 0.25) is 0 Å². The molecule has 3 aromatic rings. The summed E-state index contributed by atoms with van der Waals surface area (Å²) in [5.74, 6) is -0.321. The molecule has 1 N–H and O–H groups in total. The molecular weight excluding hydrogens is 299 g/mol. The van der Waals surface area contributed by atoms with E-state index in [2.05, 4.69) is 20.5 Å². The van der Waals surface area contributed by atoms with E-state index in [4.69, 9.17) is 0 Å². The van der Waals surface area contributed by atoms with Crippen LogP contribution in [-0.4, -0.2) is 42.5 Å². The SMILES string of the molecule is CC(C(=O)N1CCc2[nH]c3ccc(F)cc3c2C1)n1cnnn1. The van der Waals surface area contributed by atoms with Crippen molar-refractivity contribution < 1.29 is 9.18 Å². The molecule has 0 bridgehead atoms. The van der Waals surface area contributed by atoms with Crippen molar-refractivity contribution in [3.8, 4) is 0 Å². The van der Waals surface area contributed by atoms with Crippen molar-refractivity contribution in [3.63, 3.8) is 0 Å². The number of carbonyl (C=O) groups is 1. The Kier molecular flexibility index (Phi) is 3.10. The Morgan fingerprint density at radius 2 is 2.30 bits per heavy atom. The number of benzene rings is 1. The molecule has 1 atom stereocenters. The third-order valence-electron chi connectivity index (χ3n) is 4.37. The normalized spacial score (nSPS) is 15.7. The number of halogens is 1. The van der Waals surface area contributed by atoms with Crippen LogP contribution in [0, 0.1) is 5.82 Å². The molecule has 0 saturated heterocycles. The summed E-state index contributed by atoms with van der Waals surface area (Å²) in [5.41, 5.74) is 2.96. The van der Waals surface area contributed by atoms with Gasteiger partial charge in [-0.05, 0) is 35.5 Å². The molecule has 0 radical (unpaired) electrons. The lowest BCUT2D eigenvalue weighted by Gasteiger charge is -2.29. The molecule has 4 rings (SSSR count). The van der Waals surface area contributed by atoms with Crippen LogP contribution < -0.4 is 0 Å². The van der Waals surface area contributed by atoms with Crippen molar-refractivity contribution in [2.24, 2.45) is 0 Å². The van der Waals surface area contributed by atoms with Crippen molar-refractivity contribution in [1.82, 2.24) is 30.1 Å². The highest BCUT2D eigenvalue weighted by Crippen LogP contribution is 2.29. The molecule has 0 saturated carbocycles. The number of amides is 1. The van der Waals surface area contributed by atoms with Gasteiger partial charge in [0.05, 0.1) is 0 Å². The zero-order valence-electron chi connectivity index (χ0n) is 12.5. The van der Waals surface area contributed by atoms with E-state index < -0.39 is 6.04 Å². The Morgan fingerprint density at radius 1 is 1.43 bits per heavy atom. The summed E-state index contributed by atoms with van der Waals surface area (Å²) in [6.45, 7) is 2.85. The minimum atomic E-state index is -0.464. The first-order valence-corrected chi connectivity index (χ1v) is 7.43. The average molecular weight is 314 g/mol. The molecule has 1 aliphatic heterocycles. The van der Waals surface area contributed by atoms with E-state index in [0.717, 1.165) is 28.6 Å². The number of hydrogen-bond donors (Lipinski definition) is 1. The first kappa shape index (κ1) is 13.9. The zero-order valence-corrected chi connectivity index (χ0v) is 12.5. The maximum atomic E-state index is 13.5. The molecule has 118 valence electrons. The van der Waals surface area contributed by atoms with Crippen LogP contribution in [0.1, 0.15) is 24.2 Å². The smallest absolute Gasteiger partial charge is 0.247 e. The highest BCUT2D eigenvalue weighted by Gasteiger charge is 2.28. The molecule has 3 heterocycles. The van der Waals surface area contributed by atoms with Gasteiger partial charge in [-0.3, -0.25) is 4.79 Å². The summed E-state index contributed by atoms with van der Waals surface area (Å²) in [5, 5.41) is 11.7. The molecule has 1 aromatic carbocycles. The number of fused-ring (bicyclic) bond motifs is 3. The standard InChI is InChI=1S/C15H15FN6O/c1-9(22-8-17-19-20-22)15(23)21-5-4-14-12(7-21)11-6-10(16)2-3-13(11)18-14/h2-3,6,8-9,18H,4-5,7H2,1H3. The average Bonchev–Trinajstić information content (AvgIpc) is 3.20. The lowest BCUT2D eigenvalue weighted by atomic mass is 10.0. The molecule has 2 aromatic heterocycles. The summed E-state index contributed by atoms with van der Waals surface area (Å²) in [7, 11) is 0. The van der Waals surface area contributed by atoms with Gasteiger partial charge in [0.1, 0.15) is 18.2 Å². The van der Waals surface area contributed by atoms with Crippen molar-refractivity contribution in [2.45, 2.75) is 25.9 Å². The molecule has 1 unspecified atom stereocenters. The van der Waals surface area contributed by atoms with Gasteiger partial charge in [0.25, 0.3) is 0 Å². The molecule has 0 aliphatic carbocycles. The second kappa shape index (κ2) is 5.15. The van der Waals surface area contributed by atoms with Crippen molar-refractivity contribution >= 4 is 16.8 Å². The Hall–Kier alpha value is -2.77. The summed E-state index contributed by atoms with van der Waals surface area (Å²) in [4.78, 5) is 17.7. The predicted octanol–water partition coefficient (Wildman–Crippen LogP) is 1.44. The van der Waals surface area contributed by atoms with Gasteiger partial charge in [0.2, 0.25) is 5.91 Å². The number of nitrogens with one attached hydrogen (secondary N) is 1. The first-order valence-electron chi connectivity index (χ1n) is 7.43. The molecular formula is C15H15FN6O. The Balaban J connectivity index is 1.64. The molecule has 1 amide bonds. The Morgan fingerprint density at radius 3 is 3.09 bits per heavy atom. The second-order valence-electron chi connectivity index (χ2n) is 5.75. The van der Waals surface area contributed by atoms with Gasteiger partial charge >= 0.3 is 0 Å². The number of H-pyrrole nitrogens is 1. The third kappa shape index (κ3) is 2.26. The summed E-state index contributed by atoms with van der Waals surface area (Å²) >= 11 is 0. The first-order chi connectivity index (χ1) is 11.1. The van der Waals surface area contributed by atoms with Crippen LogP contribution in [-0.2, 0) is 17.8 Å². The van der Waals surface area contributed by atoms with Crippen LogP contribution in [0.25, 0.3) is 10.9 Å². The fourth-order valence-electron chi connectivity index (χ4n) is 3.10. The molecule has 8 heteroatoms. The topological polar surface area (TPSA) is 79.7 Å². The van der Waals surface area contributed by atoms with Gasteiger partial charge in [-0.1, -0.05) is 0 Å². The van der Waals surface area contributed by atoms with Gasteiger partial charge in [0.15, 0.2) is 0 Å². The third-order valence-corrected chi connectivity index (χ3v) is 4.37. The number of rotatable bonds is 2. The summed E-state index contributed by atoms with van der Waals surface area (Å²) in [6.07, 6.45) is 2.15. The van der Waals surface area contributed by atoms with E-state index in [0.29, 0.717) is 13.1 Å². The van der Waals surface area contributed by atoms with E-state index in [1.165, 1.54) is 23.1 Å². The van der Waals surface area contributed by atoms with Gasteiger partial charge in [-0.15, -0.1) is 5.10 Å². The number of hydrogen-bond acceptors (Lipinski definition) is 4. The van der Waals surface area contributed by atoms with Crippen molar-refractivity contribution in [3.05, 3.63) is 41.6 Å². The summed E-state index contributed by atoms with van der Waals surface area (Å²) in [6, 6.07) is 4.23. The molecule has 7 nitrogen and oxygen atoms in total. The molecule has 1 aliphatic rings. The lowest BCUT2D eigenvalue weighted by Crippen LogP contribution is -2.39. The van der Waals surface area contributed by atoms with E-state index >= 15 is 0 Å². The van der Waals surface area contributed by atoms with Crippen LogP contribution in [0.5, 0.6) is 0 Å². The summed E-state index contributed by atoms with van der Waals surface area (Å²) < 4.78 is 15.0. The monoisotopic (exact) mass is 314 g/mol. The van der Waals surface area contributed by atoms with E-state index in [1.54, 1.807) is 17.9 Å². The Bertz CT molecular complexity index is 872. The van der Waals surface area contributed by atoms with Crippen LogP contribution in [0.15, 0.2) is 24.5 Å². The predicted molar refractivity (Wildman–Crippen MR) is 79.9 cm³/mol. The fourth-order valence-corrected chi connectivity index (χ4v) is 3.10. The maximum absolute atomic E-state index is 13.5. The molecule has 23 heavy (non-hydrogen) atoms. The van der Waals surface area contributed by atoms with Crippen LogP contribution in [0.4, 0.5) is 4.39 Å². The molecule has 0 fully saturated rings. The maximum Gasteiger partial charge on any atom is 0.247 e. The second-order valence-corrected chi connectivity index (χ2v) is 5.75. The quantitative estimate of drug-likeness (QED) is 0.776. The number of tetrazole rings is 1. The Labute approximate surface area is 131 Å². The van der Waals surface area contributed by atoms with Crippen molar-refractivity contribution in [2.75, 3.05) is 6.54 Å². The van der Waals surface area contributed by atoms with E-state index in [1.807, 2.05) is 0 Å². The fraction of sp³-hybridized carbons (Fsp3) is 0.333. The molecule has 0 spiro atoms. The number of aromatic amines is 1. The van der Waals surface area contributed by atoms with E-state index in [-0.39, 0.29) is 11.7 Å². The van der Waals surface area contributed by atoms with Gasteiger partial charge in [-0.25, -0.2) is 9.07 Å². The van der Waals surface area contributed by atoms with Crippen molar-refractivity contribution in [1.29, 1.82) is 0 Å². The highest BCUT2D eigenvalue weighted by atomic mass is 19.1. The highest BCUT2D eigenvalue weighted by molar-refractivity contribution is 5.86. The number of aromatic nitrogens is 5. The minimum Gasteiger partial charge on any atom is -0.358 e. The van der Waals surface area contributed by atoms with Gasteiger partial charge < -0.3 is 9.88 Å². The lowest BCUT2D eigenvalue weighted by molar-refractivity contribution is -0.135.